The smallest absolute Gasteiger partial charge is 0.315 e. The Balaban J connectivity index is 1.79. The zero-order chi connectivity index (χ0) is 12.3. The number of carbonyl (C=O) groups is 2. The summed E-state index contributed by atoms with van der Waals surface area (Å²) in [4.78, 5) is 22.6. The molecular formula is C11H18N2O4. The van der Waals surface area contributed by atoms with Crippen molar-refractivity contribution in [1.29, 1.82) is 0 Å². The summed E-state index contributed by atoms with van der Waals surface area (Å²) < 4.78 is 5.15. The normalized spacial score (nSPS) is 32.4. The van der Waals surface area contributed by atoms with Crippen molar-refractivity contribution < 1.29 is 19.4 Å². The Kier molecular flexibility index (Phi) is 3.83. The Hall–Kier alpha value is -1.30. The van der Waals surface area contributed by atoms with Gasteiger partial charge in [0.1, 0.15) is 0 Å². The van der Waals surface area contributed by atoms with Crippen molar-refractivity contribution in [3.05, 3.63) is 0 Å². The molecule has 2 amide bonds. The van der Waals surface area contributed by atoms with Crippen molar-refractivity contribution in [3.8, 4) is 0 Å². The van der Waals surface area contributed by atoms with Crippen LogP contribution < -0.4 is 10.6 Å². The summed E-state index contributed by atoms with van der Waals surface area (Å²) >= 11 is 0. The van der Waals surface area contributed by atoms with Crippen LogP contribution >= 0.6 is 0 Å². The Bertz CT molecular complexity index is 302. The molecule has 96 valence electrons. The van der Waals surface area contributed by atoms with Gasteiger partial charge in [0.25, 0.3) is 0 Å². The van der Waals surface area contributed by atoms with Gasteiger partial charge in [-0.1, -0.05) is 6.42 Å². The molecule has 1 heterocycles. The summed E-state index contributed by atoms with van der Waals surface area (Å²) in [6.07, 6.45) is 3.06. The monoisotopic (exact) mass is 242 g/mol. The van der Waals surface area contributed by atoms with E-state index in [2.05, 4.69) is 10.6 Å². The third-order valence-corrected chi connectivity index (χ3v) is 3.41. The zero-order valence-electron chi connectivity index (χ0n) is 9.65. The Morgan fingerprint density at radius 3 is 2.65 bits per heavy atom. The number of hydrogen-bond donors (Lipinski definition) is 3. The van der Waals surface area contributed by atoms with Crippen molar-refractivity contribution in [3.63, 3.8) is 0 Å². The molecule has 0 aromatic rings. The van der Waals surface area contributed by atoms with Crippen molar-refractivity contribution in [2.24, 2.45) is 5.92 Å². The fourth-order valence-corrected chi connectivity index (χ4v) is 2.47. The largest absolute Gasteiger partial charge is 0.481 e. The van der Waals surface area contributed by atoms with Gasteiger partial charge in [-0.25, -0.2) is 4.79 Å². The highest BCUT2D eigenvalue weighted by molar-refractivity contribution is 5.77. The second-order valence-corrected chi connectivity index (χ2v) is 4.66. The molecule has 6 nitrogen and oxygen atoms in total. The number of ether oxygens (including phenoxy) is 1. The first-order valence-electron chi connectivity index (χ1n) is 6.04. The minimum absolute atomic E-state index is 0.0553. The van der Waals surface area contributed by atoms with Crippen LogP contribution in [-0.2, 0) is 9.53 Å². The standard InChI is InChI=1S/C11H18N2O4/c14-10(15)8-2-1-3-9(8)13-11(16)12-7-4-5-17-6-7/h7-9H,1-6H2,(H,14,15)(H2,12,13,16). The van der Waals surface area contributed by atoms with Crippen molar-refractivity contribution >= 4 is 12.0 Å². The highest BCUT2D eigenvalue weighted by Crippen LogP contribution is 2.25. The fraction of sp³-hybridized carbons (Fsp3) is 0.818. The topological polar surface area (TPSA) is 87.7 Å². The predicted octanol–water partition coefficient (Wildman–Crippen LogP) is 0.328. The highest BCUT2D eigenvalue weighted by Gasteiger charge is 2.34. The molecule has 17 heavy (non-hydrogen) atoms. The number of rotatable bonds is 3. The Morgan fingerprint density at radius 1 is 1.18 bits per heavy atom. The SMILES string of the molecule is O=C(NC1CCOC1)NC1CCCC1C(=O)O. The first kappa shape index (κ1) is 12.2. The molecule has 0 bridgehead atoms. The molecule has 1 saturated heterocycles. The molecule has 1 aliphatic heterocycles. The molecule has 2 rings (SSSR count). The van der Waals surface area contributed by atoms with E-state index in [4.69, 9.17) is 9.84 Å². The van der Waals surface area contributed by atoms with Gasteiger partial charge in [0.05, 0.1) is 18.6 Å². The summed E-state index contributed by atoms with van der Waals surface area (Å²) in [5, 5.41) is 14.5. The van der Waals surface area contributed by atoms with Gasteiger partial charge in [0.15, 0.2) is 0 Å². The number of hydrogen-bond acceptors (Lipinski definition) is 3. The molecule has 6 heteroatoms. The molecule has 0 spiro atoms. The molecule has 2 fully saturated rings. The molecule has 0 radical (unpaired) electrons. The van der Waals surface area contributed by atoms with Crippen LogP contribution in [0.3, 0.4) is 0 Å². The minimum atomic E-state index is -0.822. The number of aliphatic carboxylic acids is 1. The summed E-state index contributed by atoms with van der Waals surface area (Å²) in [5.74, 6) is -1.27. The third-order valence-electron chi connectivity index (χ3n) is 3.41. The van der Waals surface area contributed by atoms with Gasteiger partial charge in [0, 0.05) is 12.6 Å². The van der Waals surface area contributed by atoms with Gasteiger partial charge in [-0.15, -0.1) is 0 Å². The van der Waals surface area contributed by atoms with E-state index in [1.807, 2.05) is 0 Å². The summed E-state index contributed by atoms with van der Waals surface area (Å²) in [5.41, 5.74) is 0. The van der Waals surface area contributed by atoms with Gasteiger partial charge in [-0.05, 0) is 19.3 Å². The third kappa shape index (κ3) is 3.09. The van der Waals surface area contributed by atoms with E-state index in [9.17, 15) is 9.59 Å². The number of carbonyl (C=O) groups excluding carboxylic acids is 1. The number of carboxylic acid groups (broad SMARTS) is 1. The van der Waals surface area contributed by atoms with Crippen LogP contribution in [-0.4, -0.2) is 42.4 Å². The molecule has 1 saturated carbocycles. The zero-order valence-corrected chi connectivity index (χ0v) is 9.65. The number of nitrogens with one attached hydrogen (secondary N) is 2. The van der Waals surface area contributed by atoms with Gasteiger partial charge in [0.2, 0.25) is 0 Å². The van der Waals surface area contributed by atoms with E-state index in [1.54, 1.807) is 0 Å². The van der Waals surface area contributed by atoms with Crippen molar-refractivity contribution in [2.45, 2.75) is 37.8 Å². The number of amides is 2. The predicted molar refractivity (Wildman–Crippen MR) is 59.7 cm³/mol. The first-order valence-corrected chi connectivity index (χ1v) is 6.04. The van der Waals surface area contributed by atoms with Crippen LogP contribution in [0.2, 0.25) is 0 Å². The molecule has 3 atom stereocenters. The van der Waals surface area contributed by atoms with Gasteiger partial charge >= 0.3 is 12.0 Å². The number of urea groups is 1. The lowest BCUT2D eigenvalue weighted by atomic mass is 10.0. The lowest BCUT2D eigenvalue weighted by Gasteiger charge is -2.19. The average molecular weight is 242 g/mol. The average Bonchev–Trinajstić information content (AvgIpc) is 2.88. The Labute approximate surface area is 99.7 Å². The molecule has 0 aromatic heterocycles. The van der Waals surface area contributed by atoms with E-state index in [-0.39, 0.29) is 18.1 Å². The fourth-order valence-electron chi connectivity index (χ4n) is 2.47. The summed E-state index contributed by atoms with van der Waals surface area (Å²) in [7, 11) is 0. The van der Waals surface area contributed by atoms with E-state index < -0.39 is 11.9 Å². The number of carboxylic acids is 1. The molecule has 3 unspecified atom stereocenters. The molecule has 3 N–H and O–H groups in total. The van der Waals surface area contributed by atoms with Crippen LogP contribution in [0.15, 0.2) is 0 Å². The van der Waals surface area contributed by atoms with E-state index >= 15 is 0 Å². The van der Waals surface area contributed by atoms with E-state index in [1.165, 1.54) is 0 Å². The molecule has 2 aliphatic rings. The lowest BCUT2D eigenvalue weighted by molar-refractivity contribution is -0.142. The Morgan fingerprint density at radius 2 is 2.00 bits per heavy atom. The first-order chi connectivity index (χ1) is 8.16. The summed E-state index contributed by atoms with van der Waals surface area (Å²) in [6, 6.07) is -0.465. The van der Waals surface area contributed by atoms with E-state index in [0.717, 1.165) is 19.3 Å². The van der Waals surface area contributed by atoms with Crippen LogP contribution in [0.5, 0.6) is 0 Å². The summed E-state index contributed by atoms with van der Waals surface area (Å²) in [6.45, 7) is 1.21. The van der Waals surface area contributed by atoms with Gasteiger partial charge in [-0.3, -0.25) is 4.79 Å². The van der Waals surface area contributed by atoms with Gasteiger partial charge in [-0.2, -0.15) is 0 Å². The second kappa shape index (κ2) is 5.35. The quantitative estimate of drug-likeness (QED) is 0.665. The molecular weight excluding hydrogens is 224 g/mol. The molecule has 1 aliphatic carbocycles. The highest BCUT2D eigenvalue weighted by atomic mass is 16.5. The molecule has 0 aromatic carbocycles. The lowest BCUT2D eigenvalue weighted by Crippen LogP contribution is -2.48. The van der Waals surface area contributed by atoms with Crippen LogP contribution in [0.4, 0.5) is 4.79 Å². The van der Waals surface area contributed by atoms with Crippen LogP contribution in [0, 0.1) is 5.92 Å². The van der Waals surface area contributed by atoms with Crippen molar-refractivity contribution in [2.75, 3.05) is 13.2 Å². The van der Waals surface area contributed by atoms with Crippen LogP contribution in [0.1, 0.15) is 25.7 Å². The maximum Gasteiger partial charge on any atom is 0.315 e. The van der Waals surface area contributed by atoms with E-state index in [0.29, 0.717) is 19.6 Å². The second-order valence-electron chi connectivity index (χ2n) is 4.66. The van der Waals surface area contributed by atoms with Crippen molar-refractivity contribution in [1.82, 2.24) is 10.6 Å². The van der Waals surface area contributed by atoms with Crippen LogP contribution in [0.25, 0.3) is 0 Å². The minimum Gasteiger partial charge on any atom is -0.481 e. The van der Waals surface area contributed by atoms with Gasteiger partial charge < -0.3 is 20.5 Å². The maximum absolute atomic E-state index is 11.7. The maximum atomic E-state index is 11.7.